The predicted molar refractivity (Wildman–Crippen MR) is 79.2 cm³/mol. The monoisotopic (exact) mass is 336 g/mol. The molecule has 0 radical (unpaired) electrons. The van der Waals surface area contributed by atoms with Gasteiger partial charge in [0, 0.05) is 12.6 Å². The molecule has 1 aromatic rings. The molecule has 0 aliphatic rings. The highest BCUT2D eigenvalue weighted by Gasteiger charge is 2.29. The second-order valence-electron chi connectivity index (χ2n) is 5.34. The molecule has 2 N–H and O–H groups in total. The van der Waals surface area contributed by atoms with E-state index in [9.17, 15) is 17.6 Å². The van der Waals surface area contributed by atoms with Crippen LogP contribution in [-0.4, -0.2) is 31.8 Å². The number of nitrogens with two attached hydrogens (primary N) is 1. The molecule has 8 heteroatoms. The molecule has 0 saturated heterocycles. The van der Waals surface area contributed by atoms with Crippen LogP contribution in [-0.2, 0) is 10.0 Å². The van der Waals surface area contributed by atoms with Gasteiger partial charge >= 0.3 is 0 Å². The van der Waals surface area contributed by atoms with E-state index in [4.69, 9.17) is 16.7 Å². The molecular weight excluding hydrogens is 319 g/mol. The van der Waals surface area contributed by atoms with Crippen molar-refractivity contribution < 1.29 is 17.6 Å². The second-order valence-corrected chi connectivity index (χ2v) is 7.28. The smallest absolute Gasteiger partial charge is 0.255 e. The van der Waals surface area contributed by atoms with Crippen LogP contribution in [0.25, 0.3) is 0 Å². The van der Waals surface area contributed by atoms with Crippen LogP contribution < -0.4 is 5.14 Å². The van der Waals surface area contributed by atoms with Crippen molar-refractivity contribution in [3.63, 3.8) is 0 Å². The number of primary sulfonamides is 1. The summed E-state index contributed by atoms with van der Waals surface area (Å²) in [6.07, 6.45) is 0.657. The molecule has 0 aromatic heterocycles. The summed E-state index contributed by atoms with van der Waals surface area (Å²) in [6, 6.07) is 1.69. The molecule has 0 aliphatic carbocycles. The summed E-state index contributed by atoms with van der Waals surface area (Å²) >= 11 is 5.79. The third-order valence-corrected chi connectivity index (χ3v) is 4.92. The molecule has 118 valence electrons. The predicted octanol–water partition coefficient (Wildman–Crippen LogP) is 2.39. The van der Waals surface area contributed by atoms with E-state index in [1.165, 1.54) is 4.90 Å². The second kappa shape index (κ2) is 5.90. The third kappa shape index (κ3) is 3.72. The first kappa shape index (κ1) is 17.9. The number of carbonyl (C=O) groups is 1. The van der Waals surface area contributed by atoms with E-state index >= 15 is 0 Å². The fraction of sp³-hybridized carbons (Fsp3) is 0.462. The summed E-state index contributed by atoms with van der Waals surface area (Å²) in [7, 11) is -2.59. The maximum atomic E-state index is 13.7. The van der Waals surface area contributed by atoms with E-state index in [1.807, 2.05) is 20.8 Å². The van der Waals surface area contributed by atoms with E-state index in [2.05, 4.69) is 0 Å². The van der Waals surface area contributed by atoms with Crippen molar-refractivity contribution >= 4 is 27.5 Å². The number of halogens is 2. The van der Waals surface area contributed by atoms with Gasteiger partial charge in [0.15, 0.2) is 0 Å². The van der Waals surface area contributed by atoms with E-state index < -0.39 is 37.2 Å². The standard InChI is InChI=1S/C13H18ClFN2O3S/c1-5-13(2,3)17(4)12(18)9-6-8(21(16,19)20)7-10(15)11(9)14/h6-7H,5H2,1-4H3,(H2,16,19,20). The van der Waals surface area contributed by atoms with Gasteiger partial charge in [0.25, 0.3) is 5.91 Å². The molecule has 0 heterocycles. The lowest BCUT2D eigenvalue weighted by Crippen LogP contribution is -2.44. The summed E-state index contributed by atoms with van der Waals surface area (Å²) in [4.78, 5) is 13.3. The Bertz CT molecular complexity index is 674. The van der Waals surface area contributed by atoms with Crippen LogP contribution >= 0.6 is 11.6 Å². The summed E-state index contributed by atoms with van der Waals surface area (Å²) in [6.45, 7) is 5.56. The zero-order valence-corrected chi connectivity index (χ0v) is 13.8. The maximum Gasteiger partial charge on any atom is 0.255 e. The van der Waals surface area contributed by atoms with Gasteiger partial charge in [-0.2, -0.15) is 0 Å². The van der Waals surface area contributed by atoms with Crippen LogP contribution in [0.1, 0.15) is 37.6 Å². The molecule has 21 heavy (non-hydrogen) atoms. The lowest BCUT2D eigenvalue weighted by Gasteiger charge is -2.35. The van der Waals surface area contributed by atoms with Gasteiger partial charge in [-0.3, -0.25) is 4.79 Å². The van der Waals surface area contributed by atoms with Crippen molar-refractivity contribution in [2.24, 2.45) is 5.14 Å². The molecule has 0 bridgehead atoms. The number of nitrogens with zero attached hydrogens (tertiary/aromatic N) is 1. The summed E-state index contributed by atoms with van der Waals surface area (Å²) in [5.41, 5.74) is -0.723. The lowest BCUT2D eigenvalue weighted by atomic mass is 9.99. The van der Waals surface area contributed by atoms with Crippen LogP contribution in [0, 0.1) is 5.82 Å². The first-order valence-electron chi connectivity index (χ1n) is 6.22. The average molecular weight is 337 g/mol. The topological polar surface area (TPSA) is 80.5 Å². The third-order valence-electron chi connectivity index (χ3n) is 3.64. The molecule has 5 nitrogen and oxygen atoms in total. The highest BCUT2D eigenvalue weighted by molar-refractivity contribution is 7.89. The van der Waals surface area contributed by atoms with Gasteiger partial charge in [-0.15, -0.1) is 0 Å². The number of carbonyl (C=O) groups excluding carboxylic acids is 1. The Morgan fingerprint density at radius 3 is 2.38 bits per heavy atom. The van der Waals surface area contributed by atoms with Crippen molar-refractivity contribution in [2.75, 3.05) is 7.05 Å². The van der Waals surface area contributed by atoms with Crippen molar-refractivity contribution in [3.8, 4) is 0 Å². The lowest BCUT2D eigenvalue weighted by molar-refractivity contribution is 0.0619. The van der Waals surface area contributed by atoms with E-state index in [-0.39, 0.29) is 5.56 Å². The molecule has 0 aliphatic heterocycles. The number of hydrogen-bond acceptors (Lipinski definition) is 3. The van der Waals surface area contributed by atoms with Gasteiger partial charge < -0.3 is 4.90 Å². The first-order chi connectivity index (χ1) is 9.41. The van der Waals surface area contributed by atoms with Gasteiger partial charge in [0.2, 0.25) is 10.0 Å². The molecule has 1 rings (SSSR count). The SMILES string of the molecule is CCC(C)(C)N(C)C(=O)c1cc(S(N)(=O)=O)cc(F)c1Cl. The quantitative estimate of drug-likeness (QED) is 0.916. The molecule has 1 aromatic carbocycles. The van der Waals surface area contributed by atoms with Crippen LogP contribution in [0.3, 0.4) is 0 Å². The van der Waals surface area contributed by atoms with Crippen molar-refractivity contribution in [1.29, 1.82) is 0 Å². The van der Waals surface area contributed by atoms with E-state index in [0.29, 0.717) is 12.5 Å². The van der Waals surface area contributed by atoms with Crippen molar-refractivity contribution in [3.05, 3.63) is 28.5 Å². The summed E-state index contributed by atoms with van der Waals surface area (Å²) in [5.74, 6) is -1.58. The van der Waals surface area contributed by atoms with Gasteiger partial charge in [-0.1, -0.05) is 18.5 Å². The Kier molecular flexibility index (Phi) is 5.02. The minimum atomic E-state index is -4.13. The number of benzene rings is 1. The van der Waals surface area contributed by atoms with E-state index in [1.54, 1.807) is 7.05 Å². The Labute approximate surface area is 128 Å². The highest BCUT2D eigenvalue weighted by atomic mass is 35.5. The van der Waals surface area contributed by atoms with Gasteiger partial charge in [0.05, 0.1) is 15.5 Å². The van der Waals surface area contributed by atoms with E-state index in [0.717, 1.165) is 6.07 Å². The molecule has 0 unspecified atom stereocenters. The van der Waals surface area contributed by atoms with Crippen LogP contribution in [0.15, 0.2) is 17.0 Å². The minimum absolute atomic E-state index is 0.232. The Hall–Kier alpha value is -1.18. The van der Waals surface area contributed by atoms with Crippen LogP contribution in [0.4, 0.5) is 4.39 Å². The molecule has 0 spiro atoms. The van der Waals surface area contributed by atoms with Gasteiger partial charge in [0.1, 0.15) is 5.82 Å². The van der Waals surface area contributed by atoms with Crippen molar-refractivity contribution in [2.45, 2.75) is 37.6 Å². The zero-order valence-electron chi connectivity index (χ0n) is 12.3. The fourth-order valence-corrected chi connectivity index (χ4v) is 2.32. The molecule has 0 saturated carbocycles. The largest absolute Gasteiger partial charge is 0.337 e. The minimum Gasteiger partial charge on any atom is -0.337 e. The molecular formula is C13H18ClFN2O3S. The zero-order chi connectivity index (χ0) is 16.6. The summed E-state index contributed by atoms with van der Waals surface area (Å²) in [5, 5.41) is 4.55. The Morgan fingerprint density at radius 1 is 1.43 bits per heavy atom. The Balaban J connectivity index is 3.43. The highest BCUT2D eigenvalue weighted by Crippen LogP contribution is 2.27. The number of amides is 1. The van der Waals surface area contributed by atoms with Crippen molar-refractivity contribution in [1.82, 2.24) is 4.90 Å². The van der Waals surface area contributed by atoms with Crippen LogP contribution in [0.2, 0.25) is 5.02 Å². The normalized spacial score (nSPS) is 12.3. The maximum absolute atomic E-state index is 13.7. The fourth-order valence-electron chi connectivity index (χ4n) is 1.58. The Morgan fingerprint density at radius 2 is 1.95 bits per heavy atom. The number of hydrogen-bond donors (Lipinski definition) is 1. The number of sulfonamides is 1. The van der Waals surface area contributed by atoms with Gasteiger partial charge in [-0.25, -0.2) is 17.9 Å². The average Bonchev–Trinajstić information content (AvgIpc) is 2.38. The molecule has 0 atom stereocenters. The summed E-state index contributed by atoms with van der Waals surface area (Å²) < 4.78 is 36.4. The first-order valence-corrected chi connectivity index (χ1v) is 8.14. The van der Waals surface area contributed by atoms with Gasteiger partial charge in [-0.05, 0) is 32.4 Å². The molecule has 1 amide bonds. The van der Waals surface area contributed by atoms with Crippen LogP contribution in [0.5, 0.6) is 0 Å². The number of rotatable bonds is 4. The molecule has 0 fully saturated rings.